The largest absolute Gasteiger partial charge is 0.480 e. The van der Waals surface area contributed by atoms with Gasteiger partial charge in [0.15, 0.2) is 5.96 Å². The lowest BCUT2D eigenvalue weighted by atomic mass is 10.0. The molecule has 12 N–H and O–H groups in total. The average molecular weight is 489 g/mol. The fourth-order valence-electron chi connectivity index (χ4n) is 3.70. The van der Waals surface area contributed by atoms with Gasteiger partial charge in [-0.25, -0.2) is 4.79 Å². The number of H-pyrrole nitrogens is 1. The Morgan fingerprint density at radius 1 is 1.00 bits per heavy atom. The number of fused-ring (bicyclic) bond motifs is 1. The average Bonchev–Trinajstić information content (AvgIpc) is 3.22. The summed E-state index contributed by atoms with van der Waals surface area (Å²) in [6.45, 7) is 0.673. The van der Waals surface area contributed by atoms with Crippen molar-refractivity contribution in [2.24, 2.45) is 27.9 Å². The molecule has 35 heavy (non-hydrogen) atoms. The summed E-state index contributed by atoms with van der Waals surface area (Å²) in [5.41, 5.74) is 24.1. The first-order valence-electron chi connectivity index (χ1n) is 11.6. The summed E-state index contributed by atoms with van der Waals surface area (Å²) < 4.78 is 0. The molecule has 3 atom stereocenters. The van der Waals surface area contributed by atoms with E-state index < -0.39 is 35.9 Å². The fraction of sp³-hybridized carbons (Fsp3) is 0.478. The number of amides is 2. The first-order chi connectivity index (χ1) is 16.7. The summed E-state index contributed by atoms with van der Waals surface area (Å²) in [7, 11) is 0. The first-order valence-corrected chi connectivity index (χ1v) is 11.6. The number of aromatic amines is 1. The molecule has 192 valence electrons. The van der Waals surface area contributed by atoms with Gasteiger partial charge in [-0.15, -0.1) is 0 Å². The number of carbonyl (C=O) groups is 3. The molecule has 2 aromatic rings. The number of aliphatic carboxylic acids is 1. The molecule has 0 aliphatic carbocycles. The second-order valence-corrected chi connectivity index (χ2v) is 8.36. The lowest BCUT2D eigenvalue weighted by Gasteiger charge is -2.23. The molecular weight excluding hydrogens is 452 g/mol. The van der Waals surface area contributed by atoms with E-state index in [2.05, 4.69) is 20.6 Å². The zero-order chi connectivity index (χ0) is 25.8. The molecule has 0 spiro atoms. The summed E-state index contributed by atoms with van der Waals surface area (Å²) in [6, 6.07) is 4.69. The van der Waals surface area contributed by atoms with E-state index in [1.54, 1.807) is 0 Å². The lowest BCUT2D eigenvalue weighted by molar-refractivity contribution is -0.142. The highest BCUT2D eigenvalue weighted by molar-refractivity contribution is 5.92. The van der Waals surface area contributed by atoms with E-state index in [0.717, 1.165) is 16.5 Å². The molecule has 0 aliphatic rings. The topological polar surface area (TPSA) is 228 Å². The van der Waals surface area contributed by atoms with Crippen LogP contribution in [0.3, 0.4) is 0 Å². The Bertz CT molecular complexity index is 1020. The minimum absolute atomic E-state index is 0.0902. The van der Waals surface area contributed by atoms with Gasteiger partial charge in [0, 0.05) is 23.6 Å². The van der Waals surface area contributed by atoms with Crippen molar-refractivity contribution in [1.29, 1.82) is 0 Å². The molecular formula is C23H36N8O4. The van der Waals surface area contributed by atoms with Crippen molar-refractivity contribution in [3.8, 4) is 0 Å². The molecule has 2 amide bonds. The van der Waals surface area contributed by atoms with Crippen molar-refractivity contribution in [1.82, 2.24) is 15.6 Å². The van der Waals surface area contributed by atoms with Crippen molar-refractivity contribution >= 4 is 34.6 Å². The van der Waals surface area contributed by atoms with E-state index in [9.17, 15) is 19.5 Å². The normalized spacial score (nSPS) is 13.5. The number of rotatable bonds is 15. The Balaban J connectivity index is 2.02. The van der Waals surface area contributed by atoms with Crippen LogP contribution in [0.25, 0.3) is 10.9 Å². The Morgan fingerprint density at radius 3 is 2.37 bits per heavy atom. The van der Waals surface area contributed by atoms with Crippen LogP contribution in [0.15, 0.2) is 35.5 Å². The lowest BCUT2D eigenvalue weighted by Crippen LogP contribution is -2.54. The van der Waals surface area contributed by atoms with Gasteiger partial charge >= 0.3 is 5.97 Å². The van der Waals surface area contributed by atoms with Crippen LogP contribution < -0.4 is 33.6 Å². The van der Waals surface area contributed by atoms with E-state index in [4.69, 9.17) is 22.9 Å². The number of carboxylic acid groups (broad SMARTS) is 1. The minimum atomic E-state index is -1.19. The second kappa shape index (κ2) is 13.9. The summed E-state index contributed by atoms with van der Waals surface area (Å²) in [4.78, 5) is 44.3. The number of aliphatic imine (C=N–C) groups is 1. The molecule has 1 aromatic heterocycles. The number of carbonyl (C=O) groups excluding carboxylic acids is 2. The van der Waals surface area contributed by atoms with Crippen molar-refractivity contribution in [3.05, 3.63) is 36.0 Å². The number of nitrogens with zero attached hydrogens (tertiary/aromatic N) is 1. The third-order valence-corrected chi connectivity index (χ3v) is 5.59. The zero-order valence-electron chi connectivity index (χ0n) is 19.7. The summed E-state index contributed by atoms with van der Waals surface area (Å²) >= 11 is 0. The molecule has 0 fully saturated rings. The smallest absolute Gasteiger partial charge is 0.326 e. The van der Waals surface area contributed by atoms with E-state index >= 15 is 0 Å². The molecule has 12 heteroatoms. The molecule has 0 radical (unpaired) electrons. The third kappa shape index (κ3) is 8.91. The highest BCUT2D eigenvalue weighted by atomic mass is 16.4. The summed E-state index contributed by atoms with van der Waals surface area (Å²) in [6.07, 6.45) is 4.10. The van der Waals surface area contributed by atoms with Crippen molar-refractivity contribution in [2.45, 2.75) is 56.7 Å². The highest BCUT2D eigenvalue weighted by Gasteiger charge is 2.28. The van der Waals surface area contributed by atoms with Gasteiger partial charge < -0.3 is 43.7 Å². The van der Waals surface area contributed by atoms with Crippen LogP contribution in [0, 0.1) is 0 Å². The van der Waals surface area contributed by atoms with Gasteiger partial charge in [0.1, 0.15) is 12.1 Å². The molecule has 1 heterocycles. The number of benzene rings is 1. The molecule has 0 bridgehead atoms. The zero-order valence-corrected chi connectivity index (χ0v) is 19.7. The van der Waals surface area contributed by atoms with Crippen LogP contribution in [0.5, 0.6) is 0 Å². The number of aromatic nitrogens is 1. The second-order valence-electron chi connectivity index (χ2n) is 8.36. The molecule has 2 rings (SSSR count). The summed E-state index contributed by atoms with van der Waals surface area (Å²) in [5, 5.41) is 15.7. The Labute approximate surface area is 203 Å². The Hall–Kier alpha value is -3.64. The minimum Gasteiger partial charge on any atom is -0.480 e. The van der Waals surface area contributed by atoms with E-state index in [1.165, 1.54) is 0 Å². The number of nitrogens with one attached hydrogen (secondary N) is 3. The van der Waals surface area contributed by atoms with Crippen LogP contribution in [-0.2, 0) is 20.8 Å². The number of guanidine groups is 1. The van der Waals surface area contributed by atoms with Gasteiger partial charge in [-0.05, 0) is 56.7 Å². The molecule has 0 saturated carbocycles. The van der Waals surface area contributed by atoms with Crippen molar-refractivity contribution in [2.75, 3.05) is 13.1 Å². The SMILES string of the molecule is NCCCC[C@H](NC(=O)[C@@H](N)Cc1c[nH]c2ccccc12)C(=O)N[C@@H](CCCN=C(N)N)C(=O)O. The number of unbranched alkanes of at least 4 members (excludes halogenated alkanes) is 1. The molecule has 0 saturated heterocycles. The van der Waals surface area contributed by atoms with Gasteiger partial charge in [-0.2, -0.15) is 0 Å². The molecule has 0 aliphatic heterocycles. The monoisotopic (exact) mass is 488 g/mol. The van der Waals surface area contributed by atoms with Gasteiger partial charge in [0.05, 0.1) is 6.04 Å². The van der Waals surface area contributed by atoms with Crippen LogP contribution in [-0.4, -0.2) is 65.0 Å². The van der Waals surface area contributed by atoms with Crippen molar-refractivity contribution < 1.29 is 19.5 Å². The maximum absolute atomic E-state index is 12.9. The van der Waals surface area contributed by atoms with Gasteiger partial charge in [-0.1, -0.05) is 18.2 Å². The maximum Gasteiger partial charge on any atom is 0.326 e. The van der Waals surface area contributed by atoms with Gasteiger partial charge in [-0.3, -0.25) is 14.6 Å². The fourth-order valence-corrected chi connectivity index (χ4v) is 3.70. The quantitative estimate of drug-likeness (QED) is 0.0903. The van der Waals surface area contributed by atoms with E-state index in [-0.39, 0.29) is 25.3 Å². The summed E-state index contributed by atoms with van der Waals surface area (Å²) in [5.74, 6) is -2.37. The number of hydrogen-bond donors (Lipinski definition) is 8. The Kier molecular flexibility index (Phi) is 11.0. The van der Waals surface area contributed by atoms with Gasteiger partial charge in [0.2, 0.25) is 11.8 Å². The predicted octanol–water partition coefficient (Wildman–Crippen LogP) is -0.725. The van der Waals surface area contributed by atoms with Gasteiger partial charge in [0.25, 0.3) is 0 Å². The standard InChI is InChI=1S/C23H36N8O4/c24-10-4-3-8-18(21(33)31-19(22(34)35)9-5-11-28-23(26)27)30-20(32)16(25)12-14-13-29-17-7-2-1-6-15(14)17/h1-2,6-7,13,16,18-19,29H,3-5,8-12,24-25H2,(H,30,32)(H,31,33)(H,34,35)(H4,26,27,28)/t16-,18-,19-/m0/s1. The van der Waals surface area contributed by atoms with Crippen molar-refractivity contribution in [3.63, 3.8) is 0 Å². The molecule has 0 unspecified atom stereocenters. The third-order valence-electron chi connectivity index (χ3n) is 5.59. The maximum atomic E-state index is 12.9. The number of nitrogens with two attached hydrogens (primary N) is 4. The number of carboxylic acids is 1. The first kappa shape index (κ1) is 27.6. The van der Waals surface area contributed by atoms with Crippen LogP contribution >= 0.6 is 0 Å². The number of para-hydroxylation sites is 1. The van der Waals surface area contributed by atoms with E-state index in [1.807, 2.05) is 30.5 Å². The van der Waals surface area contributed by atoms with Crippen LogP contribution in [0.2, 0.25) is 0 Å². The Morgan fingerprint density at radius 2 is 1.69 bits per heavy atom. The molecule has 1 aromatic carbocycles. The highest BCUT2D eigenvalue weighted by Crippen LogP contribution is 2.19. The molecule has 12 nitrogen and oxygen atoms in total. The van der Waals surface area contributed by atoms with Crippen LogP contribution in [0.1, 0.15) is 37.7 Å². The number of hydrogen-bond acceptors (Lipinski definition) is 6. The van der Waals surface area contributed by atoms with Crippen LogP contribution in [0.4, 0.5) is 0 Å². The van der Waals surface area contributed by atoms with E-state index in [0.29, 0.717) is 32.2 Å². The predicted molar refractivity (Wildman–Crippen MR) is 134 cm³/mol.